The number of nitrogens with one attached hydrogen (secondary N) is 1. The molecule has 2 aromatic carbocycles. The molecule has 164 valence electrons. The Hall–Kier alpha value is -3.58. The maximum Gasteiger partial charge on any atom is 0.278 e. The van der Waals surface area contributed by atoms with Gasteiger partial charge in [-0.2, -0.15) is 0 Å². The van der Waals surface area contributed by atoms with E-state index in [0.29, 0.717) is 29.4 Å². The lowest BCUT2D eigenvalue weighted by molar-refractivity contribution is -0.137. The fourth-order valence-corrected chi connectivity index (χ4v) is 4.28. The highest BCUT2D eigenvalue weighted by atomic mass is 32.1. The number of benzene rings is 2. The van der Waals surface area contributed by atoms with Gasteiger partial charge >= 0.3 is 0 Å². The second kappa shape index (κ2) is 9.70. The largest absolute Gasteiger partial charge is 0.496 e. The van der Waals surface area contributed by atoms with E-state index in [1.54, 1.807) is 7.11 Å². The SMILES string of the molecule is CCCOc1cccc(NC2=C(c3cccs3)C(=O)N(Cc3ccccc3OC)C2=O)c1. The van der Waals surface area contributed by atoms with Crippen LogP contribution in [-0.4, -0.2) is 30.4 Å². The van der Waals surface area contributed by atoms with Crippen molar-refractivity contribution in [3.8, 4) is 11.5 Å². The molecular formula is C25H24N2O4S. The monoisotopic (exact) mass is 448 g/mol. The van der Waals surface area contributed by atoms with Gasteiger partial charge in [0.25, 0.3) is 11.8 Å². The number of thiophene rings is 1. The summed E-state index contributed by atoms with van der Waals surface area (Å²) in [5.41, 5.74) is 2.08. The van der Waals surface area contributed by atoms with Crippen molar-refractivity contribution in [1.29, 1.82) is 0 Å². The maximum absolute atomic E-state index is 13.4. The lowest BCUT2D eigenvalue weighted by Gasteiger charge is -2.17. The van der Waals surface area contributed by atoms with Crippen LogP contribution in [0.4, 0.5) is 5.69 Å². The van der Waals surface area contributed by atoms with Gasteiger partial charge in [-0.25, -0.2) is 0 Å². The Morgan fingerprint density at radius 3 is 2.59 bits per heavy atom. The molecule has 1 aliphatic rings. The van der Waals surface area contributed by atoms with Gasteiger partial charge in [0.05, 0.1) is 25.8 Å². The second-order valence-electron chi connectivity index (χ2n) is 7.24. The molecule has 32 heavy (non-hydrogen) atoms. The minimum Gasteiger partial charge on any atom is -0.496 e. The smallest absolute Gasteiger partial charge is 0.278 e. The summed E-state index contributed by atoms with van der Waals surface area (Å²) in [5.74, 6) is 0.638. The number of ether oxygens (including phenoxy) is 2. The first kappa shape index (κ1) is 21.6. The number of nitrogens with zero attached hydrogens (tertiary/aromatic N) is 1. The molecule has 1 aromatic heterocycles. The van der Waals surface area contributed by atoms with Crippen LogP contribution in [-0.2, 0) is 16.1 Å². The van der Waals surface area contributed by atoms with Crippen LogP contribution in [0, 0.1) is 0 Å². The Kier molecular flexibility index (Phi) is 6.56. The van der Waals surface area contributed by atoms with Gasteiger partial charge in [0.15, 0.2) is 0 Å². The van der Waals surface area contributed by atoms with E-state index in [2.05, 4.69) is 5.32 Å². The van der Waals surface area contributed by atoms with Crippen molar-refractivity contribution in [2.45, 2.75) is 19.9 Å². The van der Waals surface area contributed by atoms with Crippen LogP contribution in [0.3, 0.4) is 0 Å². The van der Waals surface area contributed by atoms with Crippen molar-refractivity contribution in [1.82, 2.24) is 4.90 Å². The van der Waals surface area contributed by atoms with E-state index in [4.69, 9.17) is 9.47 Å². The number of anilines is 1. The number of amides is 2. The average Bonchev–Trinajstić information content (AvgIpc) is 3.41. The molecule has 1 aliphatic heterocycles. The van der Waals surface area contributed by atoms with Gasteiger partial charge in [-0.3, -0.25) is 14.5 Å². The number of para-hydroxylation sites is 1. The Labute approximate surface area is 191 Å². The summed E-state index contributed by atoms with van der Waals surface area (Å²) < 4.78 is 11.1. The van der Waals surface area contributed by atoms with Gasteiger partial charge in [0, 0.05) is 22.2 Å². The Balaban J connectivity index is 1.67. The molecule has 0 unspecified atom stereocenters. The molecule has 4 rings (SSSR count). The van der Waals surface area contributed by atoms with Gasteiger partial charge in [0.2, 0.25) is 0 Å². The van der Waals surface area contributed by atoms with Crippen molar-refractivity contribution in [3.05, 3.63) is 82.2 Å². The summed E-state index contributed by atoms with van der Waals surface area (Å²) in [4.78, 5) is 28.8. The molecule has 7 heteroatoms. The molecule has 0 saturated heterocycles. The lowest BCUT2D eigenvalue weighted by atomic mass is 10.1. The highest BCUT2D eigenvalue weighted by Gasteiger charge is 2.40. The zero-order chi connectivity index (χ0) is 22.5. The van der Waals surface area contributed by atoms with E-state index in [-0.39, 0.29) is 24.1 Å². The fraction of sp³-hybridized carbons (Fsp3) is 0.200. The fourth-order valence-electron chi connectivity index (χ4n) is 3.52. The van der Waals surface area contributed by atoms with Crippen molar-refractivity contribution in [3.63, 3.8) is 0 Å². The van der Waals surface area contributed by atoms with Gasteiger partial charge in [-0.05, 0) is 36.1 Å². The van der Waals surface area contributed by atoms with E-state index >= 15 is 0 Å². The third kappa shape index (κ3) is 4.38. The van der Waals surface area contributed by atoms with Crippen LogP contribution in [0.25, 0.3) is 5.57 Å². The molecule has 2 amide bonds. The number of imide groups is 1. The van der Waals surface area contributed by atoms with E-state index in [0.717, 1.165) is 16.9 Å². The Morgan fingerprint density at radius 2 is 1.84 bits per heavy atom. The van der Waals surface area contributed by atoms with Gasteiger partial charge in [0.1, 0.15) is 17.2 Å². The van der Waals surface area contributed by atoms with Gasteiger partial charge in [-0.15, -0.1) is 11.3 Å². The molecule has 1 N–H and O–H groups in total. The zero-order valence-electron chi connectivity index (χ0n) is 18.0. The Morgan fingerprint density at radius 1 is 1.00 bits per heavy atom. The molecule has 0 spiro atoms. The minimum atomic E-state index is -0.371. The molecular weight excluding hydrogens is 424 g/mol. The number of rotatable bonds is 9. The van der Waals surface area contributed by atoms with Crippen LogP contribution in [0.5, 0.6) is 11.5 Å². The van der Waals surface area contributed by atoms with E-state index in [1.807, 2.05) is 73.0 Å². The molecule has 0 radical (unpaired) electrons. The zero-order valence-corrected chi connectivity index (χ0v) is 18.8. The summed E-state index contributed by atoms with van der Waals surface area (Å²) in [6.07, 6.45) is 0.899. The van der Waals surface area contributed by atoms with E-state index < -0.39 is 0 Å². The normalized spacial score (nSPS) is 13.6. The summed E-state index contributed by atoms with van der Waals surface area (Å²) in [6.45, 7) is 2.78. The molecule has 2 heterocycles. The van der Waals surface area contributed by atoms with Crippen LogP contribution in [0.2, 0.25) is 0 Å². The first-order valence-electron chi connectivity index (χ1n) is 10.4. The van der Waals surface area contributed by atoms with Crippen LogP contribution in [0.1, 0.15) is 23.8 Å². The van der Waals surface area contributed by atoms with Crippen molar-refractivity contribution in [2.24, 2.45) is 0 Å². The summed E-state index contributed by atoms with van der Waals surface area (Å²) in [6, 6.07) is 18.5. The molecule has 0 atom stereocenters. The molecule has 3 aromatic rings. The maximum atomic E-state index is 13.4. The summed E-state index contributed by atoms with van der Waals surface area (Å²) in [7, 11) is 1.57. The first-order valence-corrected chi connectivity index (χ1v) is 11.3. The van der Waals surface area contributed by atoms with E-state index in [1.165, 1.54) is 16.2 Å². The van der Waals surface area contributed by atoms with Crippen molar-refractivity contribution < 1.29 is 19.1 Å². The molecule has 6 nitrogen and oxygen atoms in total. The molecule has 0 aliphatic carbocycles. The van der Waals surface area contributed by atoms with Crippen LogP contribution in [0.15, 0.2) is 71.7 Å². The number of carbonyl (C=O) groups excluding carboxylic acids is 2. The lowest BCUT2D eigenvalue weighted by Crippen LogP contribution is -2.32. The van der Waals surface area contributed by atoms with Crippen LogP contribution >= 0.6 is 11.3 Å². The number of hydrogen-bond acceptors (Lipinski definition) is 6. The predicted octanol–water partition coefficient (Wildman–Crippen LogP) is 4.94. The molecule has 0 bridgehead atoms. The third-order valence-corrected chi connectivity index (χ3v) is 5.92. The second-order valence-corrected chi connectivity index (χ2v) is 8.18. The van der Waals surface area contributed by atoms with Crippen molar-refractivity contribution >= 4 is 34.4 Å². The van der Waals surface area contributed by atoms with Crippen LogP contribution < -0.4 is 14.8 Å². The average molecular weight is 449 g/mol. The molecule has 0 saturated carbocycles. The third-order valence-electron chi connectivity index (χ3n) is 5.03. The number of methoxy groups -OCH3 is 1. The first-order chi connectivity index (χ1) is 15.6. The number of hydrogen-bond donors (Lipinski definition) is 1. The minimum absolute atomic E-state index is 0.126. The van der Waals surface area contributed by atoms with E-state index in [9.17, 15) is 9.59 Å². The standard InChI is InChI=1S/C25H24N2O4S/c1-3-13-31-19-10-6-9-18(15-19)26-23-22(21-12-7-14-32-21)24(28)27(25(23)29)16-17-8-4-5-11-20(17)30-2/h4-12,14-15,26H,3,13,16H2,1-2H3. The molecule has 0 fully saturated rings. The van der Waals surface area contributed by atoms with Gasteiger partial charge < -0.3 is 14.8 Å². The quantitative estimate of drug-likeness (QED) is 0.470. The van der Waals surface area contributed by atoms with Gasteiger partial charge in [-0.1, -0.05) is 37.3 Å². The predicted molar refractivity (Wildman–Crippen MR) is 126 cm³/mol. The number of carbonyl (C=O) groups is 2. The topological polar surface area (TPSA) is 67.9 Å². The van der Waals surface area contributed by atoms with Crippen molar-refractivity contribution in [2.75, 3.05) is 19.0 Å². The summed E-state index contributed by atoms with van der Waals surface area (Å²) >= 11 is 1.42. The Bertz CT molecular complexity index is 1150. The highest BCUT2D eigenvalue weighted by Crippen LogP contribution is 2.35. The highest BCUT2D eigenvalue weighted by molar-refractivity contribution is 7.11. The summed E-state index contributed by atoms with van der Waals surface area (Å²) in [5, 5.41) is 5.07.